The van der Waals surface area contributed by atoms with Gasteiger partial charge in [-0.15, -0.1) is 0 Å². The lowest BCUT2D eigenvalue weighted by Gasteiger charge is -2.32. The van der Waals surface area contributed by atoms with Crippen LogP contribution in [-0.4, -0.2) is 28.7 Å². The number of nitrogens with zero attached hydrogens (tertiary/aromatic N) is 3. The van der Waals surface area contributed by atoms with Crippen LogP contribution in [0, 0.1) is 20.8 Å². The van der Waals surface area contributed by atoms with Crippen molar-refractivity contribution < 1.29 is 7.86 Å². The van der Waals surface area contributed by atoms with Crippen LogP contribution in [0.15, 0.2) is 41.4 Å². The monoisotopic (exact) mass is 889 g/mol. The molecule has 0 N–H and O–H groups in total. The van der Waals surface area contributed by atoms with Gasteiger partial charge in [0.05, 0.1) is 11.2 Å². The highest BCUT2D eigenvalue weighted by molar-refractivity contribution is 14.3. The second-order valence-corrected chi connectivity index (χ2v) is 20.0. The molecule has 0 spiro atoms. The number of alkyl halides is 3. The van der Waals surface area contributed by atoms with Gasteiger partial charge in [0.1, 0.15) is 22.4 Å². The van der Waals surface area contributed by atoms with E-state index in [1.54, 1.807) is 0 Å². The molecular formula is C24H19I4N3O2. The van der Waals surface area contributed by atoms with Crippen molar-refractivity contribution in [2.24, 2.45) is 4.99 Å². The highest BCUT2D eigenvalue weighted by Crippen LogP contribution is 2.50. The van der Waals surface area contributed by atoms with Gasteiger partial charge in [-0.2, -0.15) is 0 Å². The number of rotatable bonds is 3. The molecule has 0 saturated carbocycles. The van der Waals surface area contributed by atoms with Crippen molar-refractivity contribution in [2.45, 2.75) is 32.2 Å². The van der Waals surface area contributed by atoms with Crippen LogP contribution in [-0.2, 0) is 2.50 Å². The Morgan fingerprint density at radius 2 is 1.82 bits per heavy atom. The number of anilines is 1. The Kier molecular flexibility index (Phi) is 6.52. The quantitative estimate of drug-likeness (QED) is 0.199. The van der Waals surface area contributed by atoms with Gasteiger partial charge >= 0.3 is 0 Å². The minimum Gasteiger partial charge on any atom is -0.327 e. The minimum absolute atomic E-state index is 0.0102. The number of hydrogen-bond donors (Lipinski definition) is 0. The molecule has 1 saturated heterocycles. The fourth-order valence-electron chi connectivity index (χ4n) is 4.57. The number of carbonyl (C=O) groups is 1. The van der Waals surface area contributed by atoms with E-state index in [2.05, 4.69) is 111 Å². The van der Waals surface area contributed by atoms with Gasteiger partial charge in [0.2, 0.25) is 11.4 Å². The molecule has 2 aromatic carbocycles. The number of ketones is 1. The van der Waals surface area contributed by atoms with Crippen LogP contribution in [0.3, 0.4) is 0 Å². The number of hydrogen-bond acceptors (Lipinski definition) is 5. The number of fused-ring (bicyclic) bond motifs is 3. The fourth-order valence-corrected chi connectivity index (χ4v) is 6.93. The first-order chi connectivity index (χ1) is 15.5. The minimum atomic E-state index is -1.06. The average molecular weight is 889 g/mol. The van der Waals surface area contributed by atoms with Crippen LogP contribution in [0.5, 0.6) is 0 Å². The molecule has 2 aliphatic heterocycles. The normalized spacial score (nSPS) is 20.2. The van der Waals surface area contributed by atoms with E-state index in [0.717, 1.165) is 44.7 Å². The second-order valence-electron chi connectivity index (χ2n) is 8.52. The number of carbonyl (C=O) groups excluding carboxylic acids is 1. The van der Waals surface area contributed by atoms with Gasteiger partial charge in [-0.1, -0.05) is 0 Å². The molecule has 9 heteroatoms. The molecule has 1 fully saturated rings. The number of amidine groups is 1. The number of aliphatic imine (C=N–C) groups is 1. The standard InChI is InChI=1S/C24H19I4N3O2/c1-12-8-15-10-16(4-5-19(15)29-14(12)3)31-7-6-23(33-28)21(32)17-9-13(2)18(24(25,26)27)11-20(17)30-22(23)31/h4-5,8-11H,6-7H2,1-3H3/t23-/m1/s1. The van der Waals surface area contributed by atoms with Gasteiger partial charge in [-0.05, 0) is 142 Å². The van der Waals surface area contributed by atoms with Gasteiger partial charge in [-0.25, -0.2) is 4.99 Å². The molecule has 5 rings (SSSR count). The van der Waals surface area contributed by atoms with E-state index in [1.165, 1.54) is 0 Å². The Morgan fingerprint density at radius 3 is 2.52 bits per heavy atom. The maximum atomic E-state index is 13.8. The van der Waals surface area contributed by atoms with E-state index >= 15 is 0 Å². The number of aromatic nitrogens is 1. The predicted molar refractivity (Wildman–Crippen MR) is 167 cm³/mol. The molecule has 33 heavy (non-hydrogen) atoms. The molecule has 0 unspecified atom stereocenters. The number of halogens is 4. The molecule has 3 heterocycles. The second kappa shape index (κ2) is 8.76. The molecule has 1 atom stereocenters. The van der Waals surface area contributed by atoms with Crippen molar-refractivity contribution >= 4 is 125 Å². The summed E-state index contributed by atoms with van der Waals surface area (Å²) in [5.41, 5.74) is 6.70. The number of aryl methyl sites for hydroxylation is 3. The van der Waals surface area contributed by atoms with Crippen LogP contribution in [0.1, 0.15) is 39.2 Å². The predicted octanol–water partition coefficient (Wildman–Crippen LogP) is 7.82. The van der Waals surface area contributed by atoms with Crippen molar-refractivity contribution in [3.63, 3.8) is 0 Å². The molecule has 0 radical (unpaired) electrons. The molecule has 0 bridgehead atoms. The van der Waals surface area contributed by atoms with Gasteiger partial charge in [0.15, 0.2) is 5.84 Å². The Bertz CT molecular complexity index is 1370. The highest BCUT2D eigenvalue weighted by atomic mass is 127. The summed E-state index contributed by atoms with van der Waals surface area (Å²) in [6, 6.07) is 12.4. The summed E-state index contributed by atoms with van der Waals surface area (Å²) in [7, 11) is 0. The van der Waals surface area contributed by atoms with E-state index in [0.29, 0.717) is 24.4 Å². The highest BCUT2D eigenvalue weighted by Gasteiger charge is 2.55. The van der Waals surface area contributed by atoms with Crippen LogP contribution in [0.4, 0.5) is 11.4 Å². The summed E-state index contributed by atoms with van der Waals surface area (Å²) in [4.78, 5) is 25.7. The van der Waals surface area contributed by atoms with Crippen molar-refractivity contribution in [3.8, 4) is 0 Å². The zero-order chi connectivity index (χ0) is 23.7. The van der Waals surface area contributed by atoms with E-state index in [1.807, 2.05) is 42.1 Å². The van der Waals surface area contributed by atoms with Crippen LogP contribution in [0.25, 0.3) is 10.9 Å². The Labute approximate surface area is 247 Å². The first-order valence-corrected chi connectivity index (χ1v) is 14.5. The smallest absolute Gasteiger partial charge is 0.205 e. The zero-order valence-corrected chi connectivity index (χ0v) is 26.7. The molecule has 2 aliphatic rings. The molecule has 1 aromatic heterocycles. The molecule has 0 amide bonds. The van der Waals surface area contributed by atoms with Crippen molar-refractivity contribution in [1.82, 2.24) is 4.98 Å². The van der Waals surface area contributed by atoms with Gasteiger partial charge in [0.25, 0.3) is 0 Å². The lowest BCUT2D eigenvalue weighted by molar-refractivity contribution is 0.0769. The molecule has 5 nitrogen and oxygen atoms in total. The lowest BCUT2D eigenvalue weighted by Crippen LogP contribution is -2.49. The fraction of sp³-hybridized carbons (Fsp3) is 0.292. The van der Waals surface area contributed by atoms with Gasteiger partial charge in [0, 0.05) is 35.3 Å². The Balaban J connectivity index is 1.67. The number of Topliss-reactive ketones (excluding diaryl/α,β-unsaturated/α-hetero) is 1. The number of benzene rings is 2. The average Bonchev–Trinajstić information content (AvgIpc) is 3.14. The third-order valence-corrected chi connectivity index (χ3v) is 8.97. The van der Waals surface area contributed by atoms with Crippen molar-refractivity contribution in [2.75, 3.05) is 11.4 Å². The first-order valence-electron chi connectivity index (χ1n) is 10.4. The SMILES string of the molecule is Cc1cc2c(cc1C(I)(I)I)N=C1N(c3ccc4nc(C)c(C)cc4c3)CC[C@@]1(OI)C2=O. The van der Waals surface area contributed by atoms with Gasteiger partial charge in [-0.3, -0.25) is 12.8 Å². The molecule has 3 aromatic rings. The van der Waals surface area contributed by atoms with Crippen LogP contribution >= 0.6 is 90.8 Å². The van der Waals surface area contributed by atoms with Crippen LogP contribution in [0.2, 0.25) is 0 Å². The molecular weight excluding hydrogens is 870 g/mol. The maximum absolute atomic E-state index is 13.8. The summed E-state index contributed by atoms with van der Waals surface area (Å²) in [5, 5.41) is 1.08. The number of pyridine rings is 1. The van der Waals surface area contributed by atoms with Gasteiger partial charge < -0.3 is 4.90 Å². The summed E-state index contributed by atoms with van der Waals surface area (Å²) in [6.45, 7) is 6.82. The van der Waals surface area contributed by atoms with Crippen LogP contribution < -0.4 is 4.90 Å². The van der Waals surface area contributed by atoms with E-state index in [-0.39, 0.29) is 5.22 Å². The summed E-state index contributed by atoms with van der Waals surface area (Å²) in [6.07, 6.45) is 0.561. The molecule has 170 valence electrons. The lowest BCUT2D eigenvalue weighted by atomic mass is 9.86. The molecule has 0 aliphatic carbocycles. The first kappa shape index (κ1) is 24.6. The van der Waals surface area contributed by atoms with Crippen molar-refractivity contribution in [1.29, 1.82) is 0 Å². The topological polar surface area (TPSA) is 54.8 Å². The summed E-state index contributed by atoms with van der Waals surface area (Å²) < 4.78 is 5.79. The van der Waals surface area contributed by atoms with Crippen molar-refractivity contribution in [3.05, 3.63) is 64.3 Å². The third kappa shape index (κ3) is 4.04. The van der Waals surface area contributed by atoms with E-state index in [4.69, 9.17) is 13.0 Å². The van der Waals surface area contributed by atoms with E-state index in [9.17, 15) is 4.79 Å². The maximum Gasteiger partial charge on any atom is 0.205 e. The Morgan fingerprint density at radius 1 is 1.06 bits per heavy atom. The summed E-state index contributed by atoms with van der Waals surface area (Å²) in [5.74, 6) is 0.658. The van der Waals surface area contributed by atoms with E-state index < -0.39 is 5.60 Å². The Hall–Kier alpha value is -0.130. The largest absolute Gasteiger partial charge is 0.327 e. The summed E-state index contributed by atoms with van der Waals surface area (Å²) >= 11 is 9.11. The zero-order valence-electron chi connectivity index (χ0n) is 18.0. The third-order valence-electron chi connectivity index (χ3n) is 6.48.